The van der Waals surface area contributed by atoms with Crippen LogP contribution in [-0.4, -0.2) is 27.0 Å². The number of aromatic nitrogens is 2. The van der Waals surface area contributed by atoms with E-state index in [0.29, 0.717) is 32.6 Å². The second-order valence-electron chi connectivity index (χ2n) is 6.91. The van der Waals surface area contributed by atoms with Crippen molar-refractivity contribution in [2.24, 2.45) is 0 Å². The second-order valence-corrected chi connectivity index (χ2v) is 8.40. The Labute approximate surface area is 174 Å². The number of thiophene rings is 1. The highest BCUT2D eigenvalue weighted by atomic mass is 35.5. The summed E-state index contributed by atoms with van der Waals surface area (Å²) in [7, 11) is 0. The Bertz CT molecular complexity index is 1220. The van der Waals surface area contributed by atoms with Crippen molar-refractivity contribution in [3.05, 3.63) is 70.1 Å². The van der Waals surface area contributed by atoms with Gasteiger partial charge in [-0.2, -0.15) is 0 Å². The first kappa shape index (κ1) is 18.3. The standard InChI is InChI=1S/C21H15ClFN3O2S/c22-15-5-2-1-4-13(15)20-25-24-19(28-20)11-26(12-8-9-12)21(27)18-10-14-16(23)6-3-7-17(14)29-18/h1-7,10,12H,8-9,11H2. The van der Waals surface area contributed by atoms with Gasteiger partial charge in [0, 0.05) is 16.1 Å². The van der Waals surface area contributed by atoms with E-state index in [4.69, 9.17) is 16.0 Å². The molecular weight excluding hydrogens is 413 g/mol. The quantitative estimate of drug-likeness (QED) is 0.419. The number of amides is 1. The Balaban J connectivity index is 1.42. The molecular formula is C21H15ClFN3O2S. The molecule has 4 aromatic rings. The Morgan fingerprint density at radius 2 is 2.03 bits per heavy atom. The zero-order chi connectivity index (χ0) is 20.0. The van der Waals surface area contributed by atoms with Gasteiger partial charge in [-0.3, -0.25) is 4.79 Å². The Morgan fingerprint density at radius 3 is 2.79 bits per heavy atom. The summed E-state index contributed by atoms with van der Waals surface area (Å²) in [6, 6.07) is 13.8. The monoisotopic (exact) mass is 427 g/mol. The molecule has 0 radical (unpaired) electrons. The van der Waals surface area contributed by atoms with Crippen molar-refractivity contribution in [3.63, 3.8) is 0 Å². The highest BCUT2D eigenvalue weighted by molar-refractivity contribution is 7.20. The summed E-state index contributed by atoms with van der Waals surface area (Å²) in [4.78, 5) is 15.4. The number of hydrogen-bond donors (Lipinski definition) is 0. The summed E-state index contributed by atoms with van der Waals surface area (Å²) in [5.74, 6) is 0.188. The average Bonchev–Trinajstić information content (AvgIpc) is 3.28. The minimum absolute atomic E-state index is 0.133. The van der Waals surface area contributed by atoms with Crippen LogP contribution in [0.15, 0.2) is 52.9 Å². The van der Waals surface area contributed by atoms with Gasteiger partial charge >= 0.3 is 0 Å². The molecule has 2 heterocycles. The van der Waals surface area contributed by atoms with Gasteiger partial charge < -0.3 is 9.32 Å². The summed E-state index contributed by atoms with van der Waals surface area (Å²) in [5, 5.41) is 9.15. The van der Waals surface area contributed by atoms with Crippen LogP contribution in [0.25, 0.3) is 21.5 Å². The van der Waals surface area contributed by atoms with E-state index in [2.05, 4.69) is 10.2 Å². The van der Waals surface area contributed by atoms with E-state index in [-0.39, 0.29) is 24.3 Å². The van der Waals surface area contributed by atoms with Crippen LogP contribution >= 0.6 is 22.9 Å². The molecule has 1 saturated carbocycles. The first-order valence-corrected chi connectivity index (χ1v) is 10.4. The lowest BCUT2D eigenvalue weighted by Gasteiger charge is -2.19. The maximum Gasteiger partial charge on any atom is 0.264 e. The van der Waals surface area contributed by atoms with E-state index in [0.717, 1.165) is 17.5 Å². The van der Waals surface area contributed by atoms with Crippen molar-refractivity contribution in [3.8, 4) is 11.5 Å². The molecule has 5 nitrogen and oxygen atoms in total. The summed E-state index contributed by atoms with van der Waals surface area (Å²) in [6.45, 7) is 0.206. The molecule has 0 saturated heterocycles. The molecule has 5 rings (SSSR count). The third kappa shape index (κ3) is 3.52. The molecule has 0 aliphatic heterocycles. The van der Waals surface area contributed by atoms with Crippen molar-refractivity contribution < 1.29 is 13.6 Å². The normalized spacial score (nSPS) is 13.7. The van der Waals surface area contributed by atoms with Gasteiger partial charge in [0.25, 0.3) is 5.91 Å². The Hall–Kier alpha value is -2.77. The minimum Gasteiger partial charge on any atom is -0.419 e. The second kappa shape index (κ2) is 7.24. The van der Waals surface area contributed by atoms with Gasteiger partial charge in [-0.05, 0) is 43.2 Å². The lowest BCUT2D eigenvalue weighted by atomic mass is 10.2. The van der Waals surface area contributed by atoms with E-state index in [1.165, 1.54) is 17.4 Å². The third-order valence-corrected chi connectivity index (χ3v) is 6.26. The molecule has 146 valence electrons. The number of hydrogen-bond acceptors (Lipinski definition) is 5. The van der Waals surface area contributed by atoms with Crippen LogP contribution in [-0.2, 0) is 6.54 Å². The van der Waals surface area contributed by atoms with Crippen LogP contribution in [0.2, 0.25) is 5.02 Å². The van der Waals surface area contributed by atoms with Gasteiger partial charge in [-0.15, -0.1) is 21.5 Å². The molecule has 0 spiro atoms. The van der Waals surface area contributed by atoms with Crippen molar-refractivity contribution in [2.45, 2.75) is 25.4 Å². The average molecular weight is 428 g/mol. The maximum absolute atomic E-state index is 14.0. The highest BCUT2D eigenvalue weighted by Crippen LogP contribution is 2.34. The summed E-state index contributed by atoms with van der Waals surface area (Å²) < 4.78 is 20.5. The van der Waals surface area contributed by atoms with Crippen molar-refractivity contribution in [1.29, 1.82) is 0 Å². The van der Waals surface area contributed by atoms with Gasteiger partial charge in [-0.25, -0.2) is 4.39 Å². The van der Waals surface area contributed by atoms with Gasteiger partial charge in [-0.1, -0.05) is 29.8 Å². The largest absolute Gasteiger partial charge is 0.419 e. The topological polar surface area (TPSA) is 59.2 Å². The van der Waals surface area contributed by atoms with Crippen LogP contribution in [0.5, 0.6) is 0 Å². The number of carbonyl (C=O) groups is 1. The van der Waals surface area contributed by atoms with Crippen LogP contribution in [0.3, 0.4) is 0 Å². The Morgan fingerprint density at radius 1 is 1.21 bits per heavy atom. The fraction of sp³-hybridized carbons (Fsp3) is 0.190. The lowest BCUT2D eigenvalue weighted by Crippen LogP contribution is -2.32. The van der Waals surface area contributed by atoms with Crippen LogP contribution in [0.1, 0.15) is 28.4 Å². The van der Waals surface area contributed by atoms with Gasteiger partial charge in [0.15, 0.2) is 0 Å². The first-order valence-electron chi connectivity index (χ1n) is 9.16. The van der Waals surface area contributed by atoms with Crippen LogP contribution in [0.4, 0.5) is 4.39 Å². The zero-order valence-electron chi connectivity index (χ0n) is 15.1. The number of carbonyl (C=O) groups excluding carboxylic acids is 1. The molecule has 1 aliphatic carbocycles. The fourth-order valence-corrected chi connectivity index (χ4v) is 4.48. The van der Waals surface area contributed by atoms with Gasteiger partial charge in [0.05, 0.1) is 22.0 Å². The van der Waals surface area contributed by atoms with E-state index in [1.54, 1.807) is 29.2 Å². The highest BCUT2D eigenvalue weighted by Gasteiger charge is 2.35. The van der Waals surface area contributed by atoms with Crippen LogP contribution < -0.4 is 0 Å². The van der Waals surface area contributed by atoms with E-state index in [9.17, 15) is 9.18 Å². The molecule has 2 aromatic heterocycles. The molecule has 29 heavy (non-hydrogen) atoms. The Kier molecular flexibility index (Phi) is 4.56. The molecule has 0 atom stereocenters. The van der Waals surface area contributed by atoms with E-state index >= 15 is 0 Å². The number of rotatable bonds is 5. The van der Waals surface area contributed by atoms with Crippen molar-refractivity contribution in [1.82, 2.24) is 15.1 Å². The molecule has 1 fully saturated rings. The van der Waals surface area contributed by atoms with Gasteiger partial charge in [0.2, 0.25) is 11.8 Å². The van der Waals surface area contributed by atoms with E-state index < -0.39 is 0 Å². The summed E-state index contributed by atoms with van der Waals surface area (Å²) in [6.07, 6.45) is 1.85. The molecule has 1 amide bonds. The predicted octanol–water partition coefficient (Wildman–Crippen LogP) is 5.55. The van der Waals surface area contributed by atoms with Crippen LogP contribution in [0, 0.1) is 5.82 Å². The van der Waals surface area contributed by atoms with Crippen molar-refractivity contribution >= 4 is 38.9 Å². The number of nitrogens with zero attached hydrogens (tertiary/aromatic N) is 3. The number of halogens is 2. The zero-order valence-corrected chi connectivity index (χ0v) is 16.7. The predicted molar refractivity (Wildman–Crippen MR) is 109 cm³/mol. The van der Waals surface area contributed by atoms with E-state index in [1.807, 2.05) is 18.2 Å². The molecule has 1 aliphatic rings. The first-order chi connectivity index (χ1) is 14.1. The molecule has 0 bridgehead atoms. The SMILES string of the molecule is O=C(c1cc2c(F)cccc2s1)N(Cc1nnc(-c2ccccc2Cl)o1)C1CC1. The summed E-state index contributed by atoms with van der Waals surface area (Å²) >= 11 is 7.49. The fourth-order valence-electron chi connectivity index (χ4n) is 3.23. The van der Waals surface area contributed by atoms with Gasteiger partial charge in [0.1, 0.15) is 5.82 Å². The minimum atomic E-state index is -0.322. The summed E-state index contributed by atoms with van der Waals surface area (Å²) in [5.41, 5.74) is 0.650. The smallest absolute Gasteiger partial charge is 0.264 e. The third-order valence-electron chi connectivity index (χ3n) is 4.84. The number of benzene rings is 2. The van der Waals surface area contributed by atoms with Crippen molar-refractivity contribution in [2.75, 3.05) is 0 Å². The molecule has 0 unspecified atom stereocenters. The molecule has 2 aromatic carbocycles. The maximum atomic E-state index is 14.0. The molecule has 0 N–H and O–H groups in total. The number of fused-ring (bicyclic) bond motifs is 1. The molecule has 8 heteroatoms. The lowest BCUT2D eigenvalue weighted by molar-refractivity contribution is 0.0719.